The van der Waals surface area contributed by atoms with Gasteiger partial charge in [-0.25, -0.2) is 0 Å². The molecule has 5 nitrogen and oxygen atoms in total. The van der Waals surface area contributed by atoms with E-state index in [0.717, 1.165) is 5.75 Å². The number of nitrogens with one attached hydrogen (secondary N) is 1. The van der Waals surface area contributed by atoms with Gasteiger partial charge in [0.15, 0.2) is 0 Å². The molecule has 20 heavy (non-hydrogen) atoms. The number of hydrogen-bond donors (Lipinski definition) is 2. The quantitative estimate of drug-likeness (QED) is 0.434. The molecular formula is C15H24N2O3. The van der Waals surface area contributed by atoms with Gasteiger partial charge in [-0.15, -0.1) is 0 Å². The van der Waals surface area contributed by atoms with Gasteiger partial charge in [-0.2, -0.15) is 0 Å². The Morgan fingerprint density at radius 1 is 1.05 bits per heavy atom. The maximum atomic E-state index is 7.29. The fraction of sp³-hybridized carbons (Fsp3) is 0.533. The lowest BCUT2D eigenvalue weighted by atomic mass is 10.2. The van der Waals surface area contributed by atoms with E-state index in [-0.39, 0.29) is 11.4 Å². The fourth-order valence-corrected chi connectivity index (χ4v) is 1.46. The number of rotatable bonds is 8. The lowest BCUT2D eigenvalue weighted by molar-refractivity contribution is -0.0375. The van der Waals surface area contributed by atoms with Crippen LogP contribution in [0, 0.1) is 5.41 Å². The van der Waals surface area contributed by atoms with Crippen molar-refractivity contribution in [1.82, 2.24) is 0 Å². The van der Waals surface area contributed by atoms with E-state index in [1.165, 1.54) is 0 Å². The van der Waals surface area contributed by atoms with E-state index in [0.29, 0.717) is 32.0 Å². The molecule has 0 bridgehead atoms. The van der Waals surface area contributed by atoms with Gasteiger partial charge in [0.05, 0.1) is 25.4 Å². The van der Waals surface area contributed by atoms with Gasteiger partial charge in [0, 0.05) is 5.56 Å². The Balaban J connectivity index is 2.11. The van der Waals surface area contributed by atoms with Crippen LogP contribution in [0.4, 0.5) is 0 Å². The molecule has 0 heterocycles. The van der Waals surface area contributed by atoms with Gasteiger partial charge in [0.2, 0.25) is 0 Å². The fourth-order valence-electron chi connectivity index (χ4n) is 1.46. The van der Waals surface area contributed by atoms with E-state index >= 15 is 0 Å². The van der Waals surface area contributed by atoms with Gasteiger partial charge in [0.1, 0.15) is 18.2 Å². The number of ether oxygens (including phenoxy) is 3. The summed E-state index contributed by atoms with van der Waals surface area (Å²) in [6, 6.07) is 7.10. The van der Waals surface area contributed by atoms with Gasteiger partial charge >= 0.3 is 0 Å². The van der Waals surface area contributed by atoms with Crippen molar-refractivity contribution in [2.45, 2.75) is 26.4 Å². The SMILES string of the molecule is CC(C)(C)OCCOCCOc1ccc(C(=N)N)cc1. The number of amidine groups is 1. The Morgan fingerprint density at radius 3 is 2.20 bits per heavy atom. The minimum absolute atomic E-state index is 0.0544. The van der Waals surface area contributed by atoms with E-state index in [9.17, 15) is 0 Å². The van der Waals surface area contributed by atoms with Crippen molar-refractivity contribution in [3.63, 3.8) is 0 Å². The van der Waals surface area contributed by atoms with Crippen LogP contribution in [0.2, 0.25) is 0 Å². The van der Waals surface area contributed by atoms with Gasteiger partial charge in [-0.1, -0.05) is 0 Å². The zero-order valence-corrected chi connectivity index (χ0v) is 12.4. The topological polar surface area (TPSA) is 77.6 Å². The summed E-state index contributed by atoms with van der Waals surface area (Å²) in [5.41, 5.74) is 5.93. The summed E-state index contributed by atoms with van der Waals surface area (Å²) < 4.78 is 16.5. The monoisotopic (exact) mass is 280 g/mol. The summed E-state index contributed by atoms with van der Waals surface area (Å²) in [5, 5.41) is 7.29. The second kappa shape index (κ2) is 7.87. The van der Waals surface area contributed by atoms with Gasteiger partial charge < -0.3 is 19.9 Å². The minimum Gasteiger partial charge on any atom is -0.491 e. The number of nitrogen functional groups attached to an aromatic ring is 1. The van der Waals surface area contributed by atoms with E-state index in [1.807, 2.05) is 20.8 Å². The third kappa shape index (κ3) is 7.11. The van der Waals surface area contributed by atoms with Crippen LogP contribution in [-0.2, 0) is 9.47 Å². The molecule has 0 amide bonds. The molecule has 0 aliphatic heterocycles. The molecule has 112 valence electrons. The highest BCUT2D eigenvalue weighted by Crippen LogP contribution is 2.11. The second-order valence-electron chi connectivity index (χ2n) is 5.36. The molecule has 0 aliphatic rings. The number of hydrogen-bond acceptors (Lipinski definition) is 4. The Morgan fingerprint density at radius 2 is 1.65 bits per heavy atom. The van der Waals surface area contributed by atoms with Crippen LogP contribution in [0.1, 0.15) is 26.3 Å². The highest BCUT2D eigenvalue weighted by molar-refractivity contribution is 5.94. The molecule has 3 N–H and O–H groups in total. The van der Waals surface area contributed by atoms with Crippen molar-refractivity contribution < 1.29 is 14.2 Å². The summed E-state index contributed by atoms with van der Waals surface area (Å²) in [6.45, 7) is 8.18. The Labute approximate surface area is 120 Å². The summed E-state index contributed by atoms with van der Waals surface area (Å²) in [6.07, 6.45) is 0. The van der Waals surface area contributed by atoms with Crippen molar-refractivity contribution in [3.8, 4) is 5.75 Å². The molecule has 1 rings (SSSR count). The molecule has 0 radical (unpaired) electrons. The Hall–Kier alpha value is -1.59. The standard InChI is InChI=1S/C15H24N2O3/c1-15(2,3)20-11-9-18-8-10-19-13-6-4-12(5-7-13)14(16)17/h4-7H,8-11H2,1-3H3,(H3,16,17). The molecule has 1 aromatic carbocycles. The minimum atomic E-state index is -0.127. The van der Waals surface area contributed by atoms with Crippen molar-refractivity contribution in [2.75, 3.05) is 26.4 Å². The first kappa shape index (κ1) is 16.5. The largest absolute Gasteiger partial charge is 0.491 e. The molecule has 0 spiro atoms. The molecule has 5 heteroatoms. The molecule has 0 aromatic heterocycles. The normalized spacial score (nSPS) is 11.3. The van der Waals surface area contributed by atoms with E-state index in [4.69, 9.17) is 25.4 Å². The number of benzene rings is 1. The maximum absolute atomic E-state index is 7.29. The third-order valence-electron chi connectivity index (χ3n) is 2.42. The van der Waals surface area contributed by atoms with E-state index in [2.05, 4.69) is 0 Å². The van der Waals surface area contributed by atoms with Crippen LogP contribution in [0.3, 0.4) is 0 Å². The zero-order chi connectivity index (χ0) is 15.0. The first-order valence-electron chi connectivity index (χ1n) is 6.67. The molecule has 1 aromatic rings. The van der Waals surface area contributed by atoms with Crippen molar-refractivity contribution in [2.24, 2.45) is 5.73 Å². The average molecular weight is 280 g/mol. The first-order valence-corrected chi connectivity index (χ1v) is 6.67. The highest BCUT2D eigenvalue weighted by Gasteiger charge is 2.08. The Kier molecular flexibility index (Phi) is 6.48. The van der Waals surface area contributed by atoms with Crippen LogP contribution >= 0.6 is 0 Å². The number of nitrogens with two attached hydrogens (primary N) is 1. The van der Waals surface area contributed by atoms with Crippen molar-refractivity contribution in [3.05, 3.63) is 29.8 Å². The van der Waals surface area contributed by atoms with Crippen molar-refractivity contribution >= 4 is 5.84 Å². The zero-order valence-electron chi connectivity index (χ0n) is 12.4. The van der Waals surface area contributed by atoms with Gasteiger partial charge in [-0.05, 0) is 45.0 Å². The van der Waals surface area contributed by atoms with Gasteiger partial charge in [-0.3, -0.25) is 5.41 Å². The highest BCUT2D eigenvalue weighted by atomic mass is 16.5. The molecule has 0 unspecified atom stereocenters. The molecule has 0 aliphatic carbocycles. The summed E-state index contributed by atoms with van der Waals surface area (Å²) >= 11 is 0. The molecular weight excluding hydrogens is 256 g/mol. The van der Waals surface area contributed by atoms with Gasteiger partial charge in [0.25, 0.3) is 0 Å². The first-order chi connectivity index (χ1) is 9.38. The van der Waals surface area contributed by atoms with Crippen LogP contribution in [0.5, 0.6) is 5.75 Å². The predicted molar refractivity (Wildman–Crippen MR) is 79.5 cm³/mol. The van der Waals surface area contributed by atoms with Crippen LogP contribution in [0.15, 0.2) is 24.3 Å². The summed E-state index contributed by atoms with van der Waals surface area (Å²) in [4.78, 5) is 0. The maximum Gasteiger partial charge on any atom is 0.122 e. The lowest BCUT2D eigenvalue weighted by Crippen LogP contribution is -2.22. The predicted octanol–water partition coefficient (Wildman–Crippen LogP) is 2.18. The average Bonchev–Trinajstić information content (AvgIpc) is 2.37. The van der Waals surface area contributed by atoms with E-state index in [1.54, 1.807) is 24.3 Å². The van der Waals surface area contributed by atoms with Crippen LogP contribution < -0.4 is 10.5 Å². The second-order valence-corrected chi connectivity index (χ2v) is 5.36. The molecule has 0 saturated heterocycles. The lowest BCUT2D eigenvalue weighted by Gasteiger charge is -2.19. The van der Waals surface area contributed by atoms with Crippen molar-refractivity contribution in [1.29, 1.82) is 5.41 Å². The molecule has 0 fully saturated rings. The summed E-state index contributed by atoms with van der Waals surface area (Å²) in [5.74, 6) is 0.795. The van der Waals surface area contributed by atoms with Crippen LogP contribution in [0.25, 0.3) is 0 Å². The Bertz CT molecular complexity index is 410. The smallest absolute Gasteiger partial charge is 0.122 e. The third-order valence-corrected chi connectivity index (χ3v) is 2.42. The summed E-state index contributed by atoms with van der Waals surface area (Å²) in [7, 11) is 0. The van der Waals surface area contributed by atoms with Crippen LogP contribution in [-0.4, -0.2) is 37.9 Å². The van der Waals surface area contributed by atoms with E-state index < -0.39 is 0 Å². The molecule has 0 atom stereocenters. The molecule has 0 saturated carbocycles.